The highest BCUT2D eigenvalue weighted by Crippen LogP contribution is 2.27. The first-order chi connectivity index (χ1) is 8.89. The number of aryl methyl sites for hydroxylation is 2. The lowest BCUT2D eigenvalue weighted by molar-refractivity contribution is 0.534. The van der Waals surface area contributed by atoms with Crippen LogP contribution in [0.3, 0.4) is 0 Å². The standard InChI is InChI=1S/C12H14N2O3S2/c1-7-8(2)18-11-10(7)12(15)14(6-13-11)9-3-4-19(16,17)5-9/h6,9H,3-5H2,1-2H3/t9-/m1/s1. The molecule has 1 aliphatic heterocycles. The molecule has 0 aromatic carbocycles. The Morgan fingerprint density at radius 2 is 2.16 bits per heavy atom. The van der Waals surface area contributed by atoms with Gasteiger partial charge in [-0.3, -0.25) is 9.36 Å². The zero-order chi connectivity index (χ0) is 13.8. The molecule has 0 spiro atoms. The Hall–Kier alpha value is -1.21. The Morgan fingerprint density at radius 3 is 2.79 bits per heavy atom. The molecule has 0 unspecified atom stereocenters. The molecule has 0 aliphatic carbocycles. The summed E-state index contributed by atoms with van der Waals surface area (Å²) in [5.74, 6) is 0.200. The van der Waals surface area contributed by atoms with Gasteiger partial charge in [-0.15, -0.1) is 11.3 Å². The maximum atomic E-state index is 12.5. The van der Waals surface area contributed by atoms with Crippen molar-refractivity contribution in [2.45, 2.75) is 26.3 Å². The van der Waals surface area contributed by atoms with E-state index >= 15 is 0 Å². The number of nitrogens with zero attached hydrogens (tertiary/aromatic N) is 2. The molecule has 0 saturated carbocycles. The molecule has 19 heavy (non-hydrogen) atoms. The summed E-state index contributed by atoms with van der Waals surface area (Å²) in [6.07, 6.45) is 1.99. The van der Waals surface area contributed by atoms with Crippen LogP contribution in [0.1, 0.15) is 22.9 Å². The largest absolute Gasteiger partial charge is 0.294 e. The Kier molecular flexibility index (Phi) is 2.79. The normalized spacial score (nSPS) is 22.1. The smallest absolute Gasteiger partial charge is 0.262 e. The lowest BCUT2D eigenvalue weighted by atomic mass is 10.2. The van der Waals surface area contributed by atoms with Crippen LogP contribution in [0.25, 0.3) is 10.2 Å². The minimum Gasteiger partial charge on any atom is -0.294 e. The molecule has 2 aromatic heterocycles. The van der Waals surface area contributed by atoms with Gasteiger partial charge in [-0.1, -0.05) is 0 Å². The number of sulfone groups is 1. The van der Waals surface area contributed by atoms with Crippen molar-refractivity contribution in [3.63, 3.8) is 0 Å². The van der Waals surface area contributed by atoms with Crippen molar-refractivity contribution in [1.82, 2.24) is 9.55 Å². The monoisotopic (exact) mass is 298 g/mol. The Bertz CT molecular complexity index is 817. The molecule has 1 atom stereocenters. The third-order valence-corrected chi connectivity index (χ3v) is 6.58. The summed E-state index contributed by atoms with van der Waals surface area (Å²) in [5, 5.41) is 0.634. The average molecular weight is 298 g/mol. The molecule has 0 amide bonds. The molecule has 102 valence electrons. The highest BCUT2D eigenvalue weighted by Gasteiger charge is 2.30. The van der Waals surface area contributed by atoms with E-state index in [9.17, 15) is 13.2 Å². The molecular weight excluding hydrogens is 284 g/mol. The Balaban J connectivity index is 2.19. The predicted molar refractivity (Wildman–Crippen MR) is 75.7 cm³/mol. The third kappa shape index (κ3) is 2.01. The first-order valence-corrected chi connectivity index (χ1v) is 8.70. The van der Waals surface area contributed by atoms with E-state index in [0.29, 0.717) is 11.8 Å². The van der Waals surface area contributed by atoms with Crippen LogP contribution in [0, 0.1) is 13.8 Å². The van der Waals surface area contributed by atoms with E-state index in [4.69, 9.17) is 0 Å². The van der Waals surface area contributed by atoms with Crippen LogP contribution < -0.4 is 5.56 Å². The maximum absolute atomic E-state index is 12.5. The van der Waals surface area contributed by atoms with Gasteiger partial charge >= 0.3 is 0 Å². The zero-order valence-electron chi connectivity index (χ0n) is 10.7. The highest BCUT2D eigenvalue weighted by molar-refractivity contribution is 7.91. The predicted octanol–water partition coefficient (Wildman–Crippen LogP) is 1.43. The summed E-state index contributed by atoms with van der Waals surface area (Å²) in [4.78, 5) is 18.6. The molecule has 1 fully saturated rings. The summed E-state index contributed by atoms with van der Waals surface area (Å²) >= 11 is 1.50. The number of fused-ring (bicyclic) bond motifs is 1. The summed E-state index contributed by atoms with van der Waals surface area (Å²) in [6, 6.07) is -0.269. The first kappa shape index (κ1) is 12.8. The number of hydrogen-bond donors (Lipinski definition) is 0. The Morgan fingerprint density at radius 1 is 1.42 bits per heavy atom. The zero-order valence-corrected chi connectivity index (χ0v) is 12.3. The van der Waals surface area contributed by atoms with Crippen LogP contribution >= 0.6 is 11.3 Å². The molecule has 7 heteroatoms. The van der Waals surface area contributed by atoms with Crippen LogP contribution in [0.4, 0.5) is 0 Å². The molecule has 0 N–H and O–H groups in total. The van der Waals surface area contributed by atoms with Gasteiger partial charge in [-0.2, -0.15) is 0 Å². The number of aromatic nitrogens is 2. The van der Waals surface area contributed by atoms with Crippen molar-refractivity contribution in [2.24, 2.45) is 0 Å². The SMILES string of the molecule is Cc1sc2ncn([C@@H]3CCS(=O)(=O)C3)c(=O)c2c1C. The molecule has 1 saturated heterocycles. The minimum absolute atomic E-state index is 0.0439. The van der Waals surface area contributed by atoms with Crippen LogP contribution in [-0.2, 0) is 9.84 Å². The summed E-state index contributed by atoms with van der Waals surface area (Å²) in [5.41, 5.74) is 0.835. The van der Waals surface area contributed by atoms with Gasteiger partial charge in [0.15, 0.2) is 9.84 Å². The van der Waals surface area contributed by atoms with E-state index in [2.05, 4.69) is 4.98 Å². The second kappa shape index (κ2) is 4.14. The van der Waals surface area contributed by atoms with Gasteiger partial charge in [0.25, 0.3) is 5.56 Å². The quantitative estimate of drug-likeness (QED) is 0.798. The fourth-order valence-corrected chi connectivity index (χ4v) is 5.20. The van der Waals surface area contributed by atoms with Crippen molar-refractivity contribution in [2.75, 3.05) is 11.5 Å². The molecule has 0 radical (unpaired) electrons. The molecule has 2 aromatic rings. The van der Waals surface area contributed by atoms with Crippen molar-refractivity contribution in [3.05, 3.63) is 27.1 Å². The molecule has 3 heterocycles. The first-order valence-electron chi connectivity index (χ1n) is 6.06. The number of hydrogen-bond acceptors (Lipinski definition) is 5. The lowest BCUT2D eigenvalue weighted by Gasteiger charge is -2.11. The summed E-state index contributed by atoms with van der Waals surface area (Å²) in [7, 11) is -3.00. The van der Waals surface area contributed by atoms with Crippen molar-refractivity contribution in [3.8, 4) is 0 Å². The van der Waals surface area contributed by atoms with E-state index in [-0.39, 0.29) is 23.1 Å². The van der Waals surface area contributed by atoms with Crippen molar-refractivity contribution >= 4 is 31.4 Å². The van der Waals surface area contributed by atoms with Gasteiger partial charge < -0.3 is 0 Å². The van der Waals surface area contributed by atoms with E-state index in [1.807, 2.05) is 13.8 Å². The van der Waals surface area contributed by atoms with Crippen LogP contribution in [0.2, 0.25) is 0 Å². The van der Waals surface area contributed by atoms with Crippen LogP contribution in [-0.4, -0.2) is 29.5 Å². The van der Waals surface area contributed by atoms with Gasteiger partial charge in [-0.05, 0) is 25.8 Å². The van der Waals surface area contributed by atoms with Crippen molar-refractivity contribution in [1.29, 1.82) is 0 Å². The maximum Gasteiger partial charge on any atom is 0.262 e. The highest BCUT2D eigenvalue weighted by atomic mass is 32.2. The lowest BCUT2D eigenvalue weighted by Crippen LogP contribution is -2.25. The van der Waals surface area contributed by atoms with E-state index in [0.717, 1.165) is 15.3 Å². The summed E-state index contributed by atoms with van der Waals surface area (Å²) < 4.78 is 24.5. The van der Waals surface area contributed by atoms with E-state index in [1.54, 1.807) is 0 Å². The summed E-state index contributed by atoms with van der Waals surface area (Å²) in [6.45, 7) is 3.87. The van der Waals surface area contributed by atoms with Gasteiger partial charge in [0, 0.05) is 4.88 Å². The number of thiophene rings is 1. The van der Waals surface area contributed by atoms with Crippen LogP contribution in [0.15, 0.2) is 11.1 Å². The second-order valence-electron chi connectivity index (χ2n) is 4.98. The fourth-order valence-electron chi connectivity index (χ4n) is 2.50. The molecular formula is C12H14N2O3S2. The third-order valence-electron chi connectivity index (χ3n) is 3.72. The fraction of sp³-hybridized carbons (Fsp3) is 0.500. The van der Waals surface area contributed by atoms with E-state index in [1.165, 1.54) is 22.2 Å². The second-order valence-corrected chi connectivity index (χ2v) is 8.41. The Labute approximate surface area is 114 Å². The van der Waals surface area contributed by atoms with Gasteiger partial charge in [0.1, 0.15) is 4.83 Å². The van der Waals surface area contributed by atoms with E-state index < -0.39 is 9.84 Å². The van der Waals surface area contributed by atoms with Crippen molar-refractivity contribution < 1.29 is 8.42 Å². The van der Waals surface area contributed by atoms with Gasteiger partial charge in [0.05, 0.1) is 29.3 Å². The molecule has 3 rings (SSSR count). The minimum atomic E-state index is -3.00. The van der Waals surface area contributed by atoms with Gasteiger partial charge in [0.2, 0.25) is 0 Å². The molecule has 5 nitrogen and oxygen atoms in total. The molecule has 1 aliphatic rings. The average Bonchev–Trinajstić information content (AvgIpc) is 2.82. The van der Waals surface area contributed by atoms with Crippen LogP contribution in [0.5, 0.6) is 0 Å². The topological polar surface area (TPSA) is 69.0 Å². The van der Waals surface area contributed by atoms with Gasteiger partial charge in [-0.25, -0.2) is 13.4 Å². The number of rotatable bonds is 1. The molecule has 0 bridgehead atoms.